The van der Waals surface area contributed by atoms with E-state index in [9.17, 15) is 15.3 Å². The molecule has 4 atom stereocenters. The molecule has 0 saturated carbocycles. The number of epoxide rings is 1. The summed E-state index contributed by atoms with van der Waals surface area (Å²) in [6, 6.07) is 13.1. The van der Waals surface area contributed by atoms with Gasteiger partial charge in [-0.25, -0.2) is 0 Å². The number of phenolic OH excluding ortho intramolecular Hbond substituents is 1. The summed E-state index contributed by atoms with van der Waals surface area (Å²) < 4.78 is 5.57. The van der Waals surface area contributed by atoms with Crippen molar-refractivity contribution in [1.29, 1.82) is 0 Å². The fraction of sp³-hybridized carbons (Fsp3) is 0.222. The second-order valence-corrected chi connectivity index (χ2v) is 6.09. The molecule has 3 aromatic carbocycles. The molecule has 2 aliphatic rings. The van der Waals surface area contributed by atoms with Crippen LogP contribution in [0, 0.1) is 0 Å². The van der Waals surface area contributed by atoms with E-state index in [0.29, 0.717) is 0 Å². The van der Waals surface area contributed by atoms with Gasteiger partial charge in [-0.2, -0.15) is 0 Å². The summed E-state index contributed by atoms with van der Waals surface area (Å²) in [6.07, 6.45) is -2.23. The number of aliphatic hydroxyl groups excluding tert-OH is 2. The predicted octanol–water partition coefficient (Wildman–Crippen LogP) is 2.55. The van der Waals surface area contributed by atoms with Crippen molar-refractivity contribution in [2.75, 3.05) is 0 Å². The Hall–Kier alpha value is -2.14. The number of fused-ring (bicyclic) bond motifs is 7. The van der Waals surface area contributed by atoms with Crippen molar-refractivity contribution in [2.45, 2.75) is 24.4 Å². The maximum absolute atomic E-state index is 10.3. The molecule has 1 heterocycles. The van der Waals surface area contributed by atoms with Gasteiger partial charge < -0.3 is 20.1 Å². The Morgan fingerprint density at radius 2 is 1.64 bits per heavy atom. The molecule has 0 radical (unpaired) electrons. The SMILES string of the molecule is Oc1ccc2ccc3c4c(ccc3c2c1)[C@H](O)[C@@H](O)[C@H]1O[C@@H]41. The normalized spacial score (nSPS) is 29.4. The molecule has 3 aromatic rings. The van der Waals surface area contributed by atoms with Crippen LogP contribution in [0.4, 0.5) is 0 Å². The van der Waals surface area contributed by atoms with Gasteiger partial charge >= 0.3 is 0 Å². The number of aliphatic hydroxyl groups is 2. The highest BCUT2D eigenvalue weighted by Gasteiger charge is 2.54. The van der Waals surface area contributed by atoms with Gasteiger partial charge in [-0.15, -0.1) is 0 Å². The van der Waals surface area contributed by atoms with Crippen LogP contribution in [-0.4, -0.2) is 27.5 Å². The van der Waals surface area contributed by atoms with Crippen LogP contribution in [0.25, 0.3) is 21.5 Å². The highest BCUT2D eigenvalue weighted by atomic mass is 16.6. The first-order chi connectivity index (χ1) is 10.6. The minimum atomic E-state index is -0.914. The average Bonchev–Trinajstić information content (AvgIpc) is 3.32. The van der Waals surface area contributed by atoms with Crippen LogP contribution in [0.5, 0.6) is 5.75 Å². The molecule has 0 aromatic heterocycles. The number of aromatic hydroxyl groups is 1. The van der Waals surface area contributed by atoms with Gasteiger partial charge in [0.15, 0.2) is 0 Å². The molecule has 3 N–H and O–H groups in total. The number of rotatable bonds is 0. The minimum absolute atomic E-state index is 0.146. The van der Waals surface area contributed by atoms with Gasteiger partial charge in [0.05, 0.1) is 0 Å². The first-order valence-electron chi connectivity index (χ1n) is 7.35. The Labute approximate surface area is 126 Å². The maximum Gasteiger partial charge on any atom is 0.118 e. The summed E-state index contributed by atoms with van der Waals surface area (Å²) in [5.41, 5.74) is 1.70. The van der Waals surface area contributed by atoms with Crippen molar-refractivity contribution in [3.8, 4) is 5.75 Å². The van der Waals surface area contributed by atoms with Crippen LogP contribution in [0.3, 0.4) is 0 Å². The maximum atomic E-state index is 10.3. The Balaban J connectivity index is 1.89. The van der Waals surface area contributed by atoms with E-state index >= 15 is 0 Å². The Kier molecular flexibility index (Phi) is 2.25. The molecule has 0 spiro atoms. The van der Waals surface area contributed by atoms with Crippen molar-refractivity contribution in [1.82, 2.24) is 0 Å². The summed E-state index contributed by atoms with van der Waals surface area (Å²) in [5.74, 6) is 0.230. The first kappa shape index (κ1) is 12.4. The van der Waals surface area contributed by atoms with Crippen LogP contribution in [0.15, 0.2) is 42.5 Å². The summed E-state index contributed by atoms with van der Waals surface area (Å²) in [4.78, 5) is 0. The monoisotopic (exact) mass is 294 g/mol. The third-order valence-electron chi connectivity index (χ3n) is 4.87. The smallest absolute Gasteiger partial charge is 0.118 e. The fourth-order valence-corrected chi connectivity index (χ4v) is 3.72. The zero-order valence-corrected chi connectivity index (χ0v) is 11.6. The number of hydrogen-bond acceptors (Lipinski definition) is 4. The highest BCUT2D eigenvalue weighted by Crippen LogP contribution is 2.53. The van der Waals surface area contributed by atoms with Gasteiger partial charge in [-0.1, -0.05) is 30.3 Å². The molecule has 5 rings (SSSR count). The third kappa shape index (κ3) is 1.47. The second kappa shape index (κ2) is 3.98. The molecule has 1 fully saturated rings. The topological polar surface area (TPSA) is 73.2 Å². The lowest BCUT2D eigenvalue weighted by molar-refractivity contribution is 0.000106. The van der Waals surface area contributed by atoms with Gasteiger partial charge in [0.1, 0.15) is 30.2 Å². The Morgan fingerprint density at radius 3 is 2.50 bits per heavy atom. The highest BCUT2D eigenvalue weighted by molar-refractivity contribution is 6.09. The van der Waals surface area contributed by atoms with Gasteiger partial charge in [0.2, 0.25) is 0 Å². The number of hydrogen-bond donors (Lipinski definition) is 3. The van der Waals surface area contributed by atoms with E-state index in [1.165, 1.54) is 0 Å². The lowest BCUT2D eigenvalue weighted by Crippen LogP contribution is -2.29. The van der Waals surface area contributed by atoms with Crippen LogP contribution in [-0.2, 0) is 4.74 Å². The van der Waals surface area contributed by atoms with Crippen LogP contribution in [0.1, 0.15) is 23.3 Å². The van der Waals surface area contributed by atoms with Gasteiger partial charge in [0, 0.05) is 0 Å². The van der Waals surface area contributed by atoms with Crippen molar-refractivity contribution < 1.29 is 20.1 Å². The molecule has 110 valence electrons. The molecule has 0 bridgehead atoms. The summed E-state index contributed by atoms with van der Waals surface area (Å²) >= 11 is 0. The molecule has 22 heavy (non-hydrogen) atoms. The second-order valence-electron chi connectivity index (χ2n) is 6.09. The molecule has 4 heteroatoms. The molecular formula is C18H14O4. The quantitative estimate of drug-likeness (QED) is 0.440. The molecule has 1 saturated heterocycles. The molecule has 0 unspecified atom stereocenters. The Bertz CT molecular complexity index is 933. The van der Waals surface area contributed by atoms with Gasteiger partial charge in [-0.05, 0) is 44.8 Å². The molecule has 1 aliphatic carbocycles. The summed E-state index contributed by atoms with van der Waals surface area (Å²) in [7, 11) is 0. The van der Waals surface area contributed by atoms with Crippen molar-refractivity contribution in [3.05, 3.63) is 53.6 Å². The predicted molar refractivity (Wildman–Crippen MR) is 81.7 cm³/mol. The molecule has 1 aliphatic heterocycles. The summed E-state index contributed by atoms with van der Waals surface area (Å²) in [6.45, 7) is 0. The van der Waals surface area contributed by atoms with E-state index < -0.39 is 12.2 Å². The lowest BCUT2D eigenvalue weighted by Gasteiger charge is -2.24. The minimum Gasteiger partial charge on any atom is -0.508 e. The van der Waals surface area contributed by atoms with Crippen LogP contribution >= 0.6 is 0 Å². The number of phenols is 1. The summed E-state index contributed by atoms with van der Waals surface area (Å²) in [5, 5.41) is 34.1. The Morgan fingerprint density at radius 1 is 0.864 bits per heavy atom. The standard InChI is InChI=1S/C18H14O4/c19-9-3-1-8-2-4-11-10(13(8)7-9)5-6-12-14(11)17-18(22-17)16(21)15(12)20/h1-7,15-21H/t15-,16+,17-,18+/m0/s1. The van der Waals surface area contributed by atoms with E-state index in [4.69, 9.17) is 4.74 Å². The molecule has 4 nitrogen and oxygen atoms in total. The molecular weight excluding hydrogens is 280 g/mol. The fourth-order valence-electron chi connectivity index (χ4n) is 3.72. The van der Waals surface area contributed by atoms with E-state index in [2.05, 4.69) is 0 Å². The average molecular weight is 294 g/mol. The van der Waals surface area contributed by atoms with Crippen molar-refractivity contribution in [2.24, 2.45) is 0 Å². The number of ether oxygens (including phenoxy) is 1. The first-order valence-corrected chi connectivity index (χ1v) is 7.35. The third-order valence-corrected chi connectivity index (χ3v) is 4.87. The zero-order valence-electron chi connectivity index (χ0n) is 11.6. The van der Waals surface area contributed by atoms with Crippen LogP contribution < -0.4 is 0 Å². The largest absolute Gasteiger partial charge is 0.508 e. The number of benzene rings is 3. The van der Waals surface area contributed by atoms with Crippen molar-refractivity contribution in [3.63, 3.8) is 0 Å². The van der Waals surface area contributed by atoms with Crippen molar-refractivity contribution >= 4 is 21.5 Å². The van der Waals surface area contributed by atoms with Gasteiger partial charge in [-0.3, -0.25) is 0 Å². The van der Waals surface area contributed by atoms with Gasteiger partial charge in [0.25, 0.3) is 0 Å². The van der Waals surface area contributed by atoms with E-state index in [0.717, 1.165) is 32.7 Å². The zero-order chi connectivity index (χ0) is 15.0. The van der Waals surface area contributed by atoms with E-state index in [1.54, 1.807) is 12.1 Å². The molecule has 0 amide bonds. The van der Waals surface area contributed by atoms with E-state index in [-0.39, 0.29) is 18.0 Å². The van der Waals surface area contributed by atoms with Crippen LogP contribution in [0.2, 0.25) is 0 Å². The van der Waals surface area contributed by atoms with E-state index in [1.807, 2.05) is 30.3 Å². The lowest BCUT2D eigenvalue weighted by atomic mass is 9.83.